The Hall–Kier alpha value is -1.23. The third-order valence-corrected chi connectivity index (χ3v) is 4.53. The number of halogens is 2. The first kappa shape index (κ1) is 13.7. The molecule has 0 spiro atoms. The SMILES string of the molecule is Cc1cc(I)cc(C)c1-c1ccc(F)c2c1CCC2=O. The van der Waals surface area contributed by atoms with Gasteiger partial charge in [0.05, 0.1) is 5.56 Å². The molecule has 0 unspecified atom stereocenters. The molecule has 0 N–H and O–H groups in total. The van der Waals surface area contributed by atoms with Gasteiger partial charge in [0.25, 0.3) is 0 Å². The molecule has 0 heterocycles. The number of aryl methyl sites for hydroxylation is 2. The van der Waals surface area contributed by atoms with Gasteiger partial charge >= 0.3 is 0 Å². The number of carbonyl (C=O) groups is 1. The quantitative estimate of drug-likeness (QED) is 0.647. The number of ketones is 1. The molecule has 0 radical (unpaired) electrons. The van der Waals surface area contributed by atoms with E-state index in [0.717, 1.165) is 16.7 Å². The molecule has 0 saturated heterocycles. The number of fused-ring (bicyclic) bond motifs is 1. The predicted molar refractivity (Wildman–Crippen MR) is 86.7 cm³/mol. The van der Waals surface area contributed by atoms with Gasteiger partial charge in [-0.1, -0.05) is 6.07 Å². The Kier molecular flexibility index (Phi) is 3.40. The first-order valence-electron chi connectivity index (χ1n) is 6.60. The van der Waals surface area contributed by atoms with Crippen LogP contribution in [0.15, 0.2) is 24.3 Å². The minimum absolute atomic E-state index is 0.0693. The number of hydrogen-bond donors (Lipinski definition) is 0. The first-order chi connectivity index (χ1) is 9.49. The minimum atomic E-state index is -0.382. The van der Waals surface area contributed by atoms with Crippen molar-refractivity contribution in [3.8, 4) is 11.1 Å². The van der Waals surface area contributed by atoms with Crippen molar-refractivity contribution >= 4 is 28.4 Å². The second-order valence-corrected chi connectivity index (χ2v) is 6.53. The summed E-state index contributed by atoms with van der Waals surface area (Å²) in [6.45, 7) is 4.13. The molecule has 2 aromatic rings. The summed E-state index contributed by atoms with van der Waals surface area (Å²) in [5.74, 6) is -0.452. The largest absolute Gasteiger partial charge is 0.294 e. The van der Waals surface area contributed by atoms with E-state index in [1.165, 1.54) is 20.8 Å². The summed E-state index contributed by atoms with van der Waals surface area (Å²) in [4.78, 5) is 11.9. The maximum Gasteiger partial charge on any atom is 0.166 e. The highest BCUT2D eigenvalue weighted by molar-refractivity contribution is 14.1. The third kappa shape index (κ3) is 2.08. The van der Waals surface area contributed by atoms with E-state index in [1.54, 1.807) is 0 Å². The molecule has 102 valence electrons. The number of benzene rings is 2. The zero-order chi connectivity index (χ0) is 14.4. The van der Waals surface area contributed by atoms with Crippen LogP contribution in [0, 0.1) is 23.2 Å². The van der Waals surface area contributed by atoms with Crippen molar-refractivity contribution in [3.63, 3.8) is 0 Å². The van der Waals surface area contributed by atoms with Crippen LogP contribution < -0.4 is 0 Å². The lowest BCUT2D eigenvalue weighted by molar-refractivity contribution is 0.0991. The van der Waals surface area contributed by atoms with Crippen LogP contribution in [0.2, 0.25) is 0 Å². The topological polar surface area (TPSA) is 17.1 Å². The van der Waals surface area contributed by atoms with Crippen molar-refractivity contribution in [2.75, 3.05) is 0 Å². The normalized spacial score (nSPS) is 13.7. The van der Waals surface area contributed by atoms with E-state index in [1.807, 2.05) is 6.07 Å². The van der Waals surface area contributed by atoms with Gasteiger partial charge in [-0.2, -0.15) is 0 Å². The second kappa shape index (κ2) is 4.95. The molecule has 1 aliphatic carbocycles. The Morgan fingerprint density at radius 3 is 2.35 bits per heavy atom. The van der Waals surface area contributed by atoms with Crippen LogP contribution in [0.25, 0.3) is 11.1 Å². The highest BCUT2D eigenvalue weighted by atomic mass is 127. The van der Waals surface area contributed by atoms with Crippen molar-refractivity contribution in [2.24, 2.45) is 0 Å². The number of hydrogen-bond acceptors (Lipinski definition) is 1. The molecule has 0 aliphatic heterocycles. The average molecular weight is 380 g/mol. The van der Waals surface area contributed by atoms with Crippen molar-refractivity contribution < 1.29 is 9.18 Å². The van der Waals surface area contributed by atoms with Crippen molar-refractivity contribution in [2.45, 2.75) is 26.7 Å². The van der Waals surface area contributed by atoms with E-state index in [0.29, 0.717) is 18.4 Å². The molecule has 0 aromatic heterocycles. The van der Waals surface area contributed by atoms with Crippen molar-refractivity contribution in [3.05, 3.63) is 55.9 Å². The van der Waals surface area contributed by atoms with Gasteiger partial charge in [0.15, 0.2) is 5.78 Å². The van der Waals surface area contributed by atoms with E-state index in [9.17, 15) is 9.18 Å². The molecular formula is C17H14FIO. The summed E-state index contributed by atoms with van der Waals surface area (Å²) in [5, 5.41) is 0. The highest BCUT2D eigenvalue weighted by Crippen LogP contribution is 2.37. The Morgan fingerprint density at radius 2 is 1.70 bits per heavy atom. The van der Waals surface area contributed by atoms with Gasteiger partial charge in [-0.15, -0.1) is 0 Å². The van der Waals surface area contributed by atoms with Gasteiger partial charge in [0.1, 0.15) is 5.82 Å². The zero-order valence-electron chi connectivity index (χ0n) is 11.4. The molecule has 1 aliphatic rings. The van der Waals surface area contributed by atoms with Crippen molar-refractivity contribution in [1.82, 2.24) is 0 Å². The summed E-state index contributed by atoms with van der Waals surface area (Å²) in [7, 11) is 0. The summed E-state index contributed by atoms with van der Waals surface area (Å²) in [6.07, 6.45) is 1.07. The average Bonchev–Trinajstić information content (AvgIpc) is 2.74. The molecule has 2 aromatic carbocycles. The fraction of sp³-hybridized carbons (Fsp3) is 0.235. The lowest BCUT2D eigenvalue weighted by atomic mass is 9.90. The van der Waals surface area contributed by atoms with Gasteiger partial charge in [-0.3, -0.25) is 4.79 Å². The van der Waals surface area contributed by atoms with Gasteiger partial charge < -0.3 is 0 Å². The fourth-order valence-corrected chi connectivity index (χ4v) is 4.05. The second-order valence-electron chi connectivity index (χ2n) is 5.29. The first-order valence-corrected chi connectivity index (χ1v) is 7.68. The molecule has 0 bridgehead atoms. The molecule has 3 heteroatoms. The van der Waals surface area contributed by atoms with Gasteiger partial charge in [0.2, 0.25) is 0 Å². The molecule has 1 nitrogen and oxygen atoms in total. The Morgan fingerprint density at radius 1 is 1.05 bits per heavy atom. The van der Waals surface area contributed by atoms with E-state index in [2.05, 4.69) is 48.6 Å². The fourth-order valence-electron chi connectivity index (χ4n) is 3.11. The van der Waals surface area contributed by atoms with E-state index in [-0.39, 0.29) is 11.6 Å². The Labute approximate surface area is 131 Å². The lowest BCUT2D eigenvalue weighted by Crippen LogP contribution is -1.99. The van der Waals surface area contributed by atoms with E-state index >= 15 is 0 Å². The summed E-state index contributed by atoms with van der Waals surface area (Å²) in [6, 6.07) is 7.48. The van der Waals surface area contributed by atoms with Gasteiger partial charge in [0, 0.05) is 9.99 Å². The van der Waals surface area contributed by atoms with Crippen LogP contribution in [0.4, 0.5) is 4.39 Å². The van der Waals surface area contributed by atoms with Gasteiger partial charge in [-0.25, -0.2) is 4.39 Å². The molecule has 0 fully saturated rings. The molecule has 0 saturated carbocycles. The summed E-state index contributed by atoms with van der Waals surface area (Å²) in [5.41, 5.74) is 5.67. The maximum atomic E-state index is 13.9. The van der Waals surface area contributed by atoms with Crippen LogP contribution in [0.1, 0.15) is 33.5 Å². The van der Waals surface area contributed by atoms with Crippen LogP contribution in [-0.4, -0.2) is 5.78 Å². The van der Waals surface area contributed by atoms with Gasteiger partial charge in [-0.05, 0) is 88.9 Å². The number of rotatable bonds is 1. The smallest absolute Gasteiger partial charge is 0.166 e. The standard InChI is InChI=1S/C17H14FIO/c1-9-7-11(19)8-10(2)16(9)12-3-5-14(18)17-13(12)4-6-15(17)20/h3,5,7-8H,4,6H2,1-2H3. The highest BCUT2D eigenvalue weighted by Gasteiger charge is 2.27. The summed E-state index contributed by atoms with van der Waals surface area (Å²) >= 11 is 2.30. The summed E-state index contributed by atoms with van der Waals surface area (Å²) < 4.78 is 15.1. The van der Waals surface area contributed by atoms with Crippen LogP contribution in [0.5, 0.6) is 0 Å². The minimum Gasteiger partial charge on any atom is -0.294 e. The van der Waals surface area contributed by atoms with Crippen LogP contribution >= 0.6 is 22.6 Å². The van der Waals surface area contributed by atoms with E-state index in [4.69, 9.17) is 0 Å². The molecule has 0 atom stereocenters. The Bertz CT molecular complexity index is 711. The number of Topliss-reactive ketones (excluding diaryl/α,β-unsaturated/α-hetero) is 1. The van der Waals surface area contributed by atoms with Crippen molar-refractivity contribution in [1.29, 1.82) is 0 Å². The molecule has 20 heavy (non-hydrogen) atoms. The molecule has 0 amide bonds. The maximum absolute atomic E-state index is 13.9. The number of carbonyl (C=O) groups excluding carboxylic acids is 1. The lowest BCUT2D eigenvalue weighted by Gasteiger charge is -2.15. The third-order valence-electron chi connectivity index (χ3n) is 3.91. The Balaban J connectivity index is 2.31. The van der Waals surface area contributed by atoms with E-state index < -0.39 is 0 Å². The predicted octanol–water partition coefficient (Wildman–Crippen LogP) is 4.84. The van der Waals surface area contributed by atoms with Crippen LogP contribution in [-0.2, 0) is 6.42 Å². The van der Waals surface area contributed by atoms with Crippen LogP contribution in [0.3, 0.4) is 0 Å². The monoisotopic (exact) mass is 380 g/mol. The molecule has 3 rings (SSSR count). The molecular weight excluding hydrogens is 366 g/mol. The zero-order valence-corrected chi connectivity index (χ0v) is 13.5.